The highest BCUT2D eigenvalue weighted by atomic mass is 32.2. The molecule has 4 aliphatic rings. The average Bonchev–Trinajstić information content (AvgIpc) is 3.12. The molecule has 0 saturated heterocycles. The zero-order valence-corrected chi connectivity index (χ0v) is 17.9. The van der Waals surface area contributed by atoms with Crippen LogP contribution >= 0.6 is 23.1 Å². The number of carbonyl (C=O) groups excluding carboxylic acids is 1. The number of rotatable bonds is 5. The fourth-order valence-corrected chi connectivity index (χ4v) is 7.57. The van der Waals surface area contributed by atoms with Gasteiger partial charge in [-0.3, -0.25) is 4.79 Å². The van der Waals surface area contributed by atoms with E-state index in [9.17, 15) is 18.0 Å². The minimum Gasteiger partial charge on any atom is -0.300 e. The summed E-state index contributed by atoms with van der Waals surface area (Å²) >= 11 is 2.73. The van der Waals surface area contributed by atoms with Gasteiger partial charge in [0.1, 0.15) is 0 Å². The van der Waals surface area contributed by atoms with Crippen molar-refractivity contribution in [2.45, 2.75) is 54.8 Å². The van der Waals surface area contributed by atoms with E-state index in [1.54, 1.807) is 0 Å². The highest BCUT2D eigenvalue weighted by Gasteiger charge is 2.54. The molecule has 0 spiro atoms. The third-order valence-corrected chi connectivity index (χ3v) is 8.83. The van der Waals surface area contributed by atoms with Crippen LogP contribution in [0.3, 0.4) is 0 Å². The molecule has 0 atom stereocenters. The van der Waals surface area contributed by atoms with Gasteiger partial charge in [0.2, 0.25) is 11.0 Å². The molecule has 4 fully saturated rings. The Labute approximate surface area is 181 Å². The van der Waals surface area contributed by atoms with Gasteiger partial charge in [0.25, 0.3) is 0 Å². The molecular formula is C21H22F3N3OS2. The lowest BCUT2D eigenvalue weighted by Gasteiger charge is -2.55. The molecule has 1 heterocycles. The van der Waals surface area contributed by atoms with Crippen molar-refractivity contribution in [1.29, 1.82) is 0 Å². The van der Waals surface area contributed by atoms with E-state index in [0.717, 1.165) is 37.0 Å². The van der Waals surface area contributed by atoms with Crippen LogP contribution in [0.4, 0.5) is 18.3 Å². The van der Waals surface area contributed by atoms with Gasteiger partial charge < -0.3 is 5.32 Å². The molecule has 0 aliphatic heterocycles. The van der Waals surface area contributed by atoms with E-state index in [1.807, 2.05) is 0 Å². The van der Waals surface area contributed by atoms with Crippen molar-refractivity contribution in [2.24, 2.45) is 23.2 Å². The lowest BCUT2D eigenvalue weighted by Crippen LogP contribution is -2.51. The number of hydrogen-bond donors (Lipinski definition) is 1. The first-order valence-corrected chi connectivity index (χ1v) is 12.0. The number of hydrogen-bond acceptors (Lipinski definition) is 5. The molecule has 1 aromatic carbocycles. The molecule has 9 heteroatoms. The number of amides is 1. The largest absolute Gasteiger partial charge is 0.416 e. The summed E-state index contributed by atoms with van der Waals surface area (Å²) in [6, 6.07) is 5.14. The third kappa shape index (κ3) is 3.98. The van der Waals surface area contributed by atoms with Crippen molar-refractivity contribution in [3.8, 4) is 0 Å². The first kappa shape index (κ1) is 20.3. The summed E-state index contributed by atoms with van der Waals surface area (Å²) in [5.74, 6) is 2.69. The Balaban J connectivity index is 1.19. The van der Waals surface area contributed by atoms with Crippen LogP contribution < -0.4 is 5.32 Å². The summed E-state index contributed by atoms with van der Waals surface area (Å²) in [6.45, 7) is 0. The molecule has 4 saturated carbocycles. The minimum absolute atomic E-state index is 0.0945. The Bertz CT molecular complexity index is 906. The summed E-state index contributed by atoms with van der Waals surface area (Å²) in [7, 11) is 0. The number of aromatic nitrogens is 2. The normalized spacial score (nSPS) is 29.9. The summed E-state index contributed by atoms with van der Waals surface area (Å²) in [6.07, 6.45) is 2.54. The van der Waals surface area contributed by atoms with Gasteiger partial charge in [0.05, 0.1) is 11.0 Å². The van der Waals surface area contributed by atoms with Gasteiger partial charge in [-0.25, -0.2) is 0 Å². The fourth-order valence-electron chi connectivity index (χ4n) is 5.87. The van der Waals surface area contributed by atoms with Gasteiger partial charge in [0, 0.05) is 5.75 Å². The quantitative estimate of drug-likeness (QED) is 0.445. The molecule has 6 rings (SSSR count). The maximum atomic E-state index is 13.1. The number of alkyl halides is 3. The molecule has 4 nitrogen and oxygen atoms in total. The van der Waals surface area contributed by atoms with E-state index in [1.165, 1.54) is 54.5 Å². The van der Waals surface area contributed by atoms with Crippen LogP contribution in [0, 0.1) is 23.2 Å². The maximum Gasteiger partial charge on any atom is 0.416 e. The van der Waals surface area contributed by atoms with E-state index < -0.39 is 11.7 Å². The maximum absolute atomic E-state index is 13.1. The van der Waals surface area contributed by atoms with Crippen molar-refractivity contribution in [1.82, 2.24) is 10.2 Å². The second-order valence-corrected chi connectivity index (χ2v) is 11.2. The summed E-state index contributed by atoms with van der Waals surface area (Å²) < 4.78 is 38.7. The van der Waals surface area contributed by atoms with Crippen LogP contribution in [0.2, 0.25) is 0 Å². The van der Waals surface area contributed by atoms with E-state index in [-0.39, 0.29) is 11.3 Å². The number of nitrogens with zero attached hydrogens (tertiary/aromatic N) is 2. The van der Waals surface area contributed by atoms with Crippen LogP contribution in [0.15, 0.2) is 28.6 Å². The average molecular weight is 454 g/mol. The van der Waals surface area contributed by atoms with Crippen LogP contribution in [0.5, 0.6) is 0 Å². The molecule has 0 radical (unpaired) electrons. The van der Waals surface area contributed by atoms with E-state index in [2.05, 4.69) is 15.5 Å². The van der Waals surface area contributed by atoms with Crippen molar-refractivity contribution < 1.29 is 18.0 Å². The highest BCUT2D eigenvalue weighted by molar-refractivity contribution is 8.00. The van der Waals surface area contributed by atoms with Crippen LogP contribution in [0.25, 0.3) is 0 Å². The minimum atomic E-state index is -4.32. The number of anilines is 1. The summed E-state index contributed by atoms with van der Waals surface area (Å²) in [4.78, 5) is 13.1. The second kappa shape index (κ2) is 7.51. The fraction of sp³-hybridized carbons (Fsp3) is 0.571. The highest BCUT2D eigenvalue weighted by Crippen LogP contribution is 2.60. The van der Waals surface area contributed by atoms with Gasteiger partial charge in [-0.2, -0.15) is 13.2 Å². The van der Waals surface area contributed by atoms with Gasteiger partial charge >= 0.3 is 6.18 Å². The van der Waals surface area contributed by atoms with Crippen LogP contribution in [0.1, 0.15) is 49.7 Å². The molecular weight excluding hydrogens is 431 g/mol. The van der Waals surface area contributed by atoms with Crippen molar-refractivity contribution in [3.63, 3.8) is 0 Å². The Morgan fingerprint density at radius 2 is 1.67 bits per heavy atom. The molecule has 160 valence electrons. The number of benzene rings is 1. The molecule has 4 aliphatic carbocycles. The van der Waals surface area contributed by atoms with Gasteiger partial charge in [-0.1, -0.05) is 35.2 Å². The Morgan fingerprint density at radius 1 is 1.07 bits per heavy atom. The number of nitrogens with one attached hydrogen (secondary N) is 1. The Kier molecular flexibility index (Phi) is 5.08. The smallest absolute Gasteiger partial charge is 0.300 e. The third-order valence-electron chi connectivity index (χ3n) is 6.79. The number of halogens is 3. The van der Waals surface area contributed by atoms with Crippen molar-refractivity contribution in [3.05, 3.63) is 35.4 Å². The zero-order valence-electron chi connectivity index (χ0n) is 16.2. The molecule has 1 N–H and O–H groups in total. The van der Waals surface area contributed by atoms with Crippen LogP contribution in [-0.4, -0.2) is 16.1 Å². The molecule has 30 heavy (non-hydrogen) atoms. The van der Waals surface area contributed by atoms with Crippen LogP contribution in [-0.2, 0) is 16.7 Å². The van der Waals surface area contributed by atoms with E-state index in [4.69, 9.17) is 0 Å². The second-order valence-electron chi connectivity index (χ2n) is 9.01. The Hall–Kier alpha value is -1.61. The van der Waals surface area contributed by atoms with E-state index >= 15 is 0 Å². The predicted molar refractivity (Wildman–Crippen MR) is 110 cm³/mol. The standard InChI is InChI=1S/C21H22F3N3OS2/c22-21(23,24)16-3-1-12(2-4-16)11-29-19-27-26-18(30-19)25-17(28)20-8-13-5-14(9-20)7-15(6-13)10-20/h1-4,13-15H,5-11H2,(H,25,26,28). The first-order valence-electron chi connectivity index (χ1n) is 10.2. The summed E-state index contributed by atoms with van der Waals surface area (Å²) in [5.41, 5.74) is -0.0993. The van der Waals surface area contributed by atoms with Crippen molar-refractivity contribution in [2.75, 3.05) is 5.32 Å². The topological polar surface area (TPSA) is 54.9 Å². The van der Waals surface area contributed by atoms with Crippen molar-refractivity contribution >= 4 is 34.1 Å². The number of thioether (sulfide) groups is 1. The molecule has 1 amide bonds. The lowest BCUT2D eigenvalue weighted by atomic mass is 9.49. The predicted octanol–water partition coefficient (Wildman–Crippen LogP) is 6.00. The lowest BCUT2D eigenvalue weighted by molar-refractivity contribution is -0.140. The van der Waals surface area contributed by atoms with Gasteiger partial charge in [0.15, 0.2) is 4.34 Å². The summed E-state index contributed by atoms with van der Waals surface area (Å²) in [5, 5.41) is 11.7. The van der Waals surface area contributed by atoms with Gasteiger partial charge in [-0.15, -0.1) is 10.2 Å². The van der Waals surface area contributed by atoms with E-state index in [0.29, 0.717) is 33.0 Å². The SMILES string of the molecule is O=C(Nc1nnc(SCc2ccc(C(F)(F)F)cc2)s1)C12CC3CC(CC(C3)C1)C2. The molecule has 4 bridgehead atoms. The molecule has 0 unspecified atom stereocenters. The monoisotopic (exact) mass is 453 g/mol. The Morgan fingerprint density at radius 3 is 2.23 bits per heavy atom. The molecule has 1 aromatic heterocycles. The first-order chi connectivity index (χ1) is 14.3. The molecule has 2 aromatic rings. The number of carbonyl (C=O) groups is 1. The van der Waals surface area contributed by atoms with Gasteiger partial charge in [-0.05, 0) is 74.0 Å². The zero-order chi connectivity index (χ0) is 20.9.